The van der Waals surface area contributed by atoms with Crippen molar-refractivity contribution in [2.75, 3.05) is 10.6 Å². The highest BCUT2D eigenvalue weighted by Crippen LogP contribution is 2.24. The van der Waals surface area contributed by atoms with Crippen LogP contribution in [0.15, 0.2) is 34.8 Å². The SMILES string of the molecule is Cc1ccc(NC(=O)Nc2ccc(F)c(F)c2F)c(Br)c1. The summed E-state index contributed by atoms with van der Waals surface area (Å²) in [6.45, 7) is 1.88. The van der Waals surface area contributed by atoms with E-state index in [2.05, 4.69) is 26.6 Å². The van der Waals surface area contributed by atoms with Crippen LogP contribution in [-0.4, -0.2) is 6.03 Å². The van der Waals surface area contributed by atoms with Gasteiger partial charge in [0.25, 0.3) is 0 Å². The zero-order valence-corrected chi connectivity index (χ0v) is 12.4. The molecule has 0 aliphatic rings. The Morgan fingerprint density at radius 3 is 2.29 bits per heavy atom. The van der Waals surface area contributed by atoms with E-state index in [0.717, 1.165) is 17.7 Å². The number of hydrogen-bond donors (Lipinski definition) is 2. The van der Waals surface area contributed by atoms with Crippen LogP contribution < -0.4 is 10.6 Å². The molecule has 110 valence electrons. The van der Waals surface area contributed by atoms with E-state index in [1.807, 2.05) is 6.92 Å². The average molecular weight is 359 g/mol. The van der Waals surface area contributed by atoms with Crippen molar-refractivity contribution < 1.29 is 18.0 Å². The third-order valence-corrected chi connectivity index (χ3v) is 3.31. The Kier molecular flexibility index (Phi) is 4.52. The summed E-state index contributed by atoms with van der Waals surface area (Å²) in [6, 6.07) is 6.12. The van der Waals surface area contributed by atoms with Crippen LogP contribution in [0.4, 0.5) is 29.3 Å². The van der Waals surface area contributed by atoms with Gasteiger partial charge in [0, 0.05) is 4.47 Å². The molecule has 0 aliphatic carbocycles. The molecule has 0 unspecified atom stereocenters. The third kappa shape index (κ3) is 3.55. The summed E-state index contributed by atoms with van der Waals surface area (Å²) >= 11 is 3.27. The summed E-state index contributed by atoms with van der Waals surface area (Å²) in [4.78, 5) is 11.7. The third-order valence-electron chi connectivity index (χ3n) is 2.66. The minimum atomic E-state index is -1.63. The molecule has 0 saturated carbocycles. The fraction of sp³-hybridized carbons (Fsp3) is 0.0714. The molecular formula is C14H10BrF3N2O. The van der Waals surface area contributed by atoms with Gasteiger partial charge in [-0.2, -0.15) is 0 Å². The quantitative estimate of drug-likeness (QED) is 0.742. The van der Waals surface area contributed by atoms with Crippen molar-refractivity contribution in [1.82, 2.24) is 0 Å². The lowest BCUT2D eigenvalue weighted by atomic mass is 10.2. The molecule has 0 fully saturated rings. The van der Waals surface area contributed by atoms with Crippen molar-refractivity contribution in [2.24, 2.45) is 0 Å². The van der Waals surface area contributed by atoms with Crippen molar-refractivity contribution in [3.63, 3.8) is 0 Å². The van der Waals surface area contributed by atoms with Crippen molar-refractivity contribution in [3.05, 3.63) is 57.8 Å². The average Bonchev–Trinajstić information content (AvgIpc) is 2.43. The number of amides is 2. The summed E-state index contributed by atoms with van der Waals surface area (Å²) in [6.07, 6.45) is 0. The van der Waals surface area contributed by atoms with Crippen LogP contribution >= 0.6 is 15.9 Å². The zero-order valence-electron chi connectivity index (χ0n) is 10.8. The van der Waals surface area contributed by atoms with Gasteiger partial charge < -0.3 is 10.6 Å². The van der Waals surface area contributed by atoms with Gasteiger partial charge in [-0.25, -0.2) is 18.0 Å². The fourth-order valence-electron chi connectivity index (χ4n) is 1.62. The number of carbonyl (C=O) groups is 1. The molecule has 0 bridgehead atoms. The first-order valence-electron chi connectivity index (χ1n) is 5.86. The maximum atomic E-state index is 13.4. The van der Waals surface area contributed by atoms with Crippen LogP contribution in [0.2, 0.25) is 0 Å². The molecule has 2 rings (SSSR count). The Hall–Kier alpha value is -2.02. The van der Waals surface area contributed by atoms with E-state index < -0.39 is 29.2 Å². The first-order chi connectivity index (χ1) is 9.88. The summed E-state index contributed by atoms with van der Waals surface area (Å²) in [5.41, 5.74) is 0.996. The van der Waals surface area contributed by atoms with Crippen LogP contribution in [0, 0.1) is 24.4 Å². The molecule has 0 saturated heterocycles. The molecule has 2 aromatic carbocycles. The van der Waals surface area contributed by atoms with Crippen molar-refractivity contribution in [1.29, 1.82) is 0 Å². The predicted molar refractivity (Wildman–Crippen MR) is 77.8 cm³/mol. The minimum Gasteiger partial charge on any atom is -0.307 e. The molecular weight excluding hydrogens is 349 g/mol. The standard InChI is InChI=1S/C14H10BrF3N2O/c1-7-2-4-10(8(15)6-7)19-14(21)20-11-5-3-9(16)12(17)13(11)18/h2-6H,1H3,(H2,19,20,21). The number of rotatable bonds is 2. The van der Waals surface area contributed by atoms with Crippen LogP contribution in [0.3, 0.4) is 0 Å². The molecule has 21 heavy (non-hydrogen) atoms. The Morgan fingerprint density at radius 1 is 1.00 bits per heavy atom. The van der Waals surface area contributed by atoms with E-state index >= 15 is 0 Å². The van der Waals surface area contributed by atoms with Crippen LogP contribution in [0.5, 0.6) is 0 Å². The second-order valence-electron chi connectivity index (χ2n) is 4.29. The van der Waals surface area contributed by atoms with Gasteiger partial charge in [-0.15, -0.1) is 0 Å². The molecule has 2 aromatic rings. The highest BCUT2D eigenvalue weighted by Gasteiger charge is 2.15. The highest BCUT2D eigenvalue weighted by molar-refractivity contribution is 9.10. The summed E-state index contributed by atoms with van der Waals surface area (Å²) < 4.78 is 39.9. The molecule has 3 nitrogen and oxygen atoms in total. The zero-order chi connectivity index (χ0) is 15.6. The lowest BCUT2D eigenvalue weighted by Gasteiger charge is -2.10. The second kappa shape index (κ2) is 6.17. The van der Waals surface area contributed by atoms with Gasteiger partial charge in [0.2, 0.25) is 0 Å². The predicted octanol–water partition coefficient (Wildman–Crippen LogP) is 4.82. The summed E-state index contributed by atoms with van der Waals surface area (Å²) in [5.74, 6) is -4.41. The molecule has 2 N–H and O–H groups in total. The molecule has 0 radical (unpaired) electrons. The Morgan fingerprint density at radius 2 is 1.62 bits per heavy atom. The largest absolute Gasteiger partial charge is 0.323 e. The van der Waals surface area contributed by atoms with E-state index in [4.69, 9.17) is 0 Å². The van der Waals surface area contributed by atoms with E-state index in [0.29, 0.717) is 10.2 Å². The van der Waals surface area contributed by atoms with Crippen LogP contribution in [0.25, 0.3) is 0 Å². The van der Waals surface area contributed by atoms with Gasteiger partial charge in [0.1, 0.15) is 0 Å². The Labute approximate surface area is 127 Å². The number of carbonyl (C=O) groups excluding carboxylic acids is 1. The van der Waals surface area contributed by atoms with E-state index in [-0.39, 0.29) is 0 Å². The van der Waals surface area contributed by atoms with Gasteiger partial charge in [-0.1, -0.05) is 6.07 Å². The van der Waals surface area contributed by atoms with Crippen LogP contribution in [0.1, 0.15) is 5.56 Å². The molecule has 0 heterocycles. The number of aryl methyl sites for hydroxylation is 1. The number of urea groups is 1. The highest BCUT2D eigenvalue weighted by atomic mass is 79.9. The van der Waals surface area contributed by atoms with Crippen molar-refractivity contribution in [3.8, 4) is 0 Å². The van der Waals surface area contributed by atoms with Gasteiger partial charge >= 0.3 is 6.03 Å². The summed E-state index contributed by atoms with van der Waals surface area (Å²) in [5, 5.41) is 4.58. The number of halogens is 4. The first kappa shape index (κ1) is 15.4. The number of anilines is 2. The molecule has 2 amide bonds. The van der Waals surface area contributed by atoms with E-state index in [9.17, 15) is 18.0 Å². The normalized spacial score (nSPS) is 10.3. The molecule has 0 spiro atoms. The maximum absolute atomic E-state index is 13.4. The van der Waals surface area contributed by atoms with Gasteiger partial charge in [-0.05, 0) is 52.7 Å². The summed E-state index contributed by atoms with van der Waals surface area (Å²) in [7, 11) is 0. The van der Waals surface area contributed by atoms with E-state index in [1.165, 1.54) is 0 Å². The Balaban J connectivity index is 2.14. The van der Waals surface area contributed by atoms with Crippen molar-refractivity contribution >= 4 is 33.3 Å². The number of benzene rings is 2. The minimum absolute atomic E-state index is 0.449. The van der Waals surface area contributed by atoms with Gasteiger partial charge in [0.15, 0.2) is 17.5 Å². The smallest absolute Gasteiger partial charge is 0.307 e. The first-order valence-corrected chi connectivity index (χ1v) is 6.65. The second-order valence-corrected chi connectivity index (χ2v) is 5.14. The van der Waals surface area contributed by atoms with E-state index in [1.54, 1.807) is 18.2 Å². The lowest BCUT2D eigenvalue weighted by Crippen LogP contribution is -2.20. The van der Waals surface area contributed by atoms with Crippen molar-refractivity contribution in [2.45, 2.75) is 6.92 Å². The molecule has 0 atom stereocenters. The molecule has 0 aliphatic heterocycles. The Bertz CT molecular complexity index is 707. The molecule has 7 heteroatoms. The van der Waals surface area contributed by atoms with Gasteiger partial charge in [-0.3, -0.25) is 0 Å². The van der Waals surface area contributed by atoms with Crippen LogP contribution in [-0.2, 0) is 0 Å². The molecule has 0 aromatic heterocycles. The maximum Gasteiger partial charge on any atom is 0.323 e. The monoisotopic (exact) mass is 358 g/mol. The van der Waals surface area contributed by atoms with Gasteiger partial charge in [0.05, 0.1) is 11.4 Å². The topological polar surface area (TPSA) is 41.1 Å². The lowest BCUT2D eigenvalue weighted by molar-refractivity contribution is 0.262. The fourth-order valence-corrected chi connectivity index (χ4v) is 2.21. The number of nitrogens with one attached hydrogen (secondary N) is 2. The number of hydrogen-bond acceptors (Lipinski definition) is 1.